The van der Waals surface area contributed by atoms with Gasteiger partial charge in [0.15, 0.2) is 0 Å². The molecule has 2 aliphatic carbocycles. The molecule has 8 heteroatoms. The van der Waals surface area contributed by atoms with E-state index in [-0.39, 0.29) is 28.1 Å². The van der Waals surface area contributed by atoms with Gasteiger partial charge in [0.1, 0.15) is 5.82 Å². The zero-order chi connectivity index (χ0) is 29.6. The first-order chi connectivity index (χ1) is 20.0. The van der Waals surface area contributed by atoms with Crippen molar-refractivity contribution in [3.63, 3.8) is 0 Å². The van der Waals surface area contributed by atoms with Gasteiger partial charge in [0.05, 0.1) is 11.4 Å². The van der Waals surface area contributed by atoms with Gasteiger partial charge in [-0.2, -0.15) is 0 Å². The first-order valence-electron chi connectivity index (χ1n) is 14.6. The lowest BCUT2D eigenvalue weighted by Gasteiger charge is -2.38. The number of hydrogen-bond donors (Lipinski definition) is 1. The van der Waals surface area contributed by atoms with Gasteiger partial charge in [-0.3, -0.25) is 4.79 Å². The lowest BCUT2D eigenvalue weighted by Crippen LogP contribution is -2.37. The highest BCUT2D eigenvalue weighted by Crippen LogP contribution is 2.49. The third-order valence-corrected chi connectivity index (χ3v) is 10.4. The summed E-state index contributed by atoms with van der Waals surface area (Å²) in [7, 11) is -1.81. The number of nitrogens with zero attached hydrogens (tertiary/aromatic N) is 3. The maximum atomic E-state index is 14.1. The van der Waals surface area contributed by atoms with Crippen LogP contribution < -0.4 is 9.62 Å². The van der Waals surface area contributed by atoms with Crippen LogP contribution in [-0.2, 0) is 33.8 Å². The molecule has 1 amide bonds. The minimum Gasteiger partial charge on any atom is -0.337 e. The van der Waals surface area contributed by atoms with E-state index in [1.165, 1.54) is 5.56 Å². The van der Waals surface area contributed by atoms with E-state index >= 15 is 0 Å². The number of sulfonamides is 1. The summed E-state index contributed by atoms with van der Waals surface area (Å²) in [5, 5.41) is 0. The Hall–Kier alpha value is -3.75. The number of amides is 1. The molecule has 1 heterocycles. The lowest BCUT2D eigenvalue weighted by molar-refractivity contribution is -0.120. The lowest BCUT2D eigenvalue weighted by atomic mass is 9.71. The molecule has 3 aromatic carbocycles. The highest BCUT2D eigenvalue weighted by atomic mass is 32.2. The highest BCUT2D eigenvalue weighted by molar-refractivity contribution is 7.89. The van der Waals surface area contributed by atoms with Crippen molar-refractivity contribution < 1.29 is 13.2 Å². The summed E-state index contributed by atoms with van der Waals surface area (Å²) >= 11 is 0. The molecule has 0 radical (unpaired) electrons. The third-order valence-electron chi connectivity index (χ3n) is 8.93. The van der Waals surface area contributed by atoms with E-state index in [0.29, 0.717) is 13.0 Å². The average molecular weight is 583 g/mol. The summed E-state index contributed by atoms with van der Waals surface area (Å²) < 4.78 is 31.9. The van der Waals surface area contributed by atoms with Crippen LogP contribution in [0, 0.1) is 12.8 Å². The monoisotopic (exact) mass is 582 g/mol. The van der Waals surface area contributed by atoms with Crippen LogP contribution >= 0.6 is 0 Å². The van der Waals surface area contributed by atoms with Crippen LogP contribution in [0.4, 0.5) is 5.69 Å². The van der Waals surface area contributed by atoms with Gasteiger partial charge in [-0.1, -0.05) is 62.4 Å². The molecule has 3 atom stereocenters. The second-order valence-electron chi connectivity index (χ2n) is 12.4. The molecule has 1 N–H and O–H groups in total. The van der Waals surface area contributed by atoms with Crippen molar-refractivity contribution in [1.82, 2.24) is 14.3 Å². The van der Waals surface area contributed by atoms with Crippen molar-refractivity contribution in [1.29, 1.82) is 0 Å². The number of aromatic nitrogens is 2. The summed E-state index contributed by atoms with van der Waals surface area (Å²) in [6.07, 6.45) is 5.95. The molecule has 1 fully saturated rings. The molecule has 7 nitrogen and oxygen atoms in total. The number of carbonyl (C=O) groups excluding carboxylic acids is 1. The number of carbonyl (C=O) groups is 1. The molecule has 0 unspecified atom stereocenters. The zero-order valence-corrected chi connectivity index (χ0v) is 25.4. The molecule has 0 aliphatic heterocycles. The molecule has 6 rings (SSSR count). The van der Waals surface area contributed by atoms with Gasteiger partial charge in [-0.05, 0) is 84.0 Å². The second-order valence-corrected chi connectivity index (χ2v) is 14.1. The Bertz CT molecular complexity index is 1730. The Morgan fingerprint density at radius 3 is 2.57 bits per heavy atom. The number of fused-ring (bicyclic) bond motifs is 1. The van der Waals surface area contributed by atoms with Crippen LogP contribution in [0.2, 0.25) is 0 Å². The van der Waals surface area contributed by atoms with E-state index in [9.17, 15) is 13.2 Å². The standard InChI is InChI=1S/C34H38N4O3S/c1-23-9-8-12-26(19-23)42(40,41)36-31-15-16-34(2,3)30-14-13-25(20-29(30)31)38(22-32-35-17-18-37(32)4)33(39)28-21-27(28)24-10-6-5-7-11-24/h5-14,17-20,27-28,31,36H,15-16,21-22H2,1-4H3/t27-,28-,31+/m1/s1. The quantitative estimate of drug-likeness (QED) is 0.270. The van der Waals surface area contributed by atoms with Crippen LogP contribution in [0.5, 0.6) is 0 Å². The van der Waals surface area contributed by atoms with Gasteiger partial charge in [-0.25, -0.2) is 18.1 Å². The number of nitrogens with one attached hydrogen (secondary N) is 1. The second kappa shape index (κ2) is 10.8. The molecule has 42 heavy (non-hydrogen) atoms. The van der Waals surface area contributed by atoms with Crippen molar-refractivity contribution in [3.8, 4) is 0 Å². The number of hydrogen-bond acceptors (Lipinski definition) is 4. The Balaban J connectivity index is 1.36. The largest absolute Gasteiger partial charge is 0.337 e. The number of imidazole rings is 1. The summed E-state index contributed by atoms with van der Waals surface area (Å²) in [5.74, 6) is 0.956. The normalized spacial score (nSPS) is 21.0. The van der Waals surface area contributed by atoms with Crippen LogP contribution in [0.1, 0.15) is 73.1 Å². The first kappa shape index (κ1) is 28.4. The van der Waals surface area contributed by atoms with E-state index in [2.05, 4.69) is 41.8 Å². The summed E-state index contributed by atoms with van der Waals surface area (Å²) in [4.78, 5) is 20.7. The maximum absolute atomic E-state index is 14.1. The van der Waals surface area contributed by atoms with Crippen molar-refractivity contribution in [2.45, 2.75) is 68.8 Å². The fourth-order valence-electron chi connectivity index (χ4n) is 6.30. The van der Waals surface area contributed by atoms with Gasteiger partial charge in [0.25, 0.3) is 0 Å². The van der Waals surface area contributed by atoms with E-state index in [4.69, 9.17) is 0 Å². The van der Waals surface area contributed by atoms with Crippen LogP contribution in [-0.4, -0.2) is 23.9 Å². The number of benzene rings is 3. The summed E-state index contributed by atoms with van der Waals surface area (Å²) in [6, 6.07) is 22.9. The van der Waals surface area contributed by atoms with Crippen LogP contribution in [0.3, 0.4) is 0 Å². The van der Waals surface area contributed by atoms with Crippen LogP contribution in [0.15, 0.2) is 90.1 Å². The molecule has 0 saturated heterocycles. The summed E-state index contributed by atoms with van der Waals surface area (Å²) in [5.41, 5.74) is 4.74. The highest BCUT2D eigenvalue weighted by Gasteiger charge is 2.46. The van der Waals surface area contributed by atoms with Gasteiger partial charge < -0.3 is 9.47 Å². The maximum Gasteiger partial charge on any atom is 0.241 e. The van der Waals surface area contributed by atoms with E-state index < -0.39 is 16.1 Å². The molecule has 2 aliphatic rings. The molecule has 4 aromatic rings. The molecule has 0 bridgehead atoms. The van der Waals surface area contributed by atoms with Crippen LogP contribution in [0.25, 0.3) is 0 Å². The number of aryl methyl sites for hydroxylation is 2. The van der Waals surface area contributed by atoms with E-state index in [0.717, 1.165) is 41.0 Å². The predicted molar refractivity (Wildman–Crippen MR) is 165 cm³/mol. The van der Waals surface area contributed by atoms with Gasteiger partial charge in [0.2, 0.25) is 15.9 Å². The molecular weight excluding hydrogens is 544 g/mol. The Morgan fingerprint density at radius 2 is 1.86 bits per heavy atom. The number of rotatable bonds is 8. The Kier molecular flexibility index (Phi) is 7.31. The smallest absolute Gasteiger partial charge is 0.241 e. The molecule has 0 spiro atoms. The third kappa shape index (κ3) is 5.53. The first-order valence-corrected chi connectivity index (χ1v) is 16.1. The minimum atomic E-state index is -3.74. The molecule has 1 aromatic heterocycles. The fraction of sp³-hybridized carbons (Fsp3) is 0.353. The molecule has 218 valence electrons. The predicted octanol–water partition coefficient (Wildman–Crippen LogP) is 6.16. The summed E-state index contributed by atoms with van der Waals surface area (Å²) in [6.45, 7) is 6.62. The van der Waals surface area contributed by atoms with Crippen molar-refractivity contribution in [3.05, 3.63) is 113 Å². The fourth-order valence-corrected chi connectivity index (χ4v) is 7.66. The minimum absolute atomic E-state index is 0.0683. The SMILES string of the molecule is Cc1cccc(S(=O)(=O)N[C@H]2CCC(C)(C)c3ccc(N(Cc4nccn4C)C(=O)[C@@H]4C[C@@H]4c4ccccc4)cc32)c1. The van der Waals surface area contributed by atoms with E-state index in [1.807, 2.05) is 66.0 Å². The van der Waals surface area contributed by atoms with Crippen molar-refractivity contribution in [2.24, 2.45) is 13.0 Å². The Morgan fingerprint density at radius 1 is 1.07 bits per heavy atom. The van der Waals surface area contributed by atoms with Crippen molar-refractivity contribution in [2.75, 3.05) is 4.90 Å². The van der Waals surface area contributed by atoms with E-state index in [1.54, 1.807) is 24.4 Å². The topological polar surface area (TPSA) is 84.3 Å². The van der Waals surface area contributed by atoms with Gasteiger partial charge >= 0.3 is 0 Å². The number of anilines is 1. The zero-order valence-electron chi connectivity index (χ0n) is 24.6. The molecular formula is C34H38N4O3S. The van der Waals surface area contributed by atoms with Gasteiger partial charge in [-0.15, -0.1) is 0 Å². The Labute approximate surface area is 248 Å². The van der Waals surface area contributed by atoms with Gasteiger partial charge in [0, 0.05) is 37.1 Å². The average Bonchev–Trinajstić information content (AvgIpc) is 3.68. The molecule has 1 saturated carbocycles. The van der Waals surface area contributed by atoms with Crippen molar-refractivity contribution >= 4 is 21.6 Å².